The van der Waals surface area contributed by atoms with Crippen LogP contribution in [0.5, 0.6) is 0 Å². The minimum atomic E-state index is -4.42. The zero-order valence-electron chi connectivity index (χ0n) is 11.2. The van der Waals surface area contributed by atoms with Crippen molar-refractivity contribution in [2.75, 3.05) is 20.3 Å². The summed E-state index contributed by atoms with van der Waals surface area (Å²) in [6, 6.07) is 0. The number of methoxy groups -OCH3 is 1. The van der Waals surface area contributed by atoms with Crippen molar-refractivity contribution < 1.29 is 32.2 Å². The topological polar surface area (TPSA) is 64.6 Å². The van der Waals surface area contributed by atoms with Crippen molar-refractivity contribution in [3.8, 4) is 0 Å². The first kappa shape index (κ1) is 16.7. The maximum absolute atomic E-state index is 11.9. The molecule has 1 aliphatic rings. The molecule has 20 heavy (non-hydrogen) atoms. The standard InChI is InChI=1S/C12H18F3NO4/c1-19-11(18)8-2-4-9(5-3-8)20-6-10(17)16-7-12(13,14)15/h8-9H,2-7H2,1H3,(H,16,17). The number of amides is 1. The van der Waals surface area contributed by atoms with E-state index in [0.29, 0.717) is 25.7 Å². The van der Waals surface area contributed by atoms with E-state index in [4.69, 9.17) is 4.74 Å². The van der Waals surface area contributed by atoms with Crippen molar-refractivity contribution in [2.45, 2.75) is 38.0 Å². The summed E-state index contributed by atoms with van der Waals surface area (Å²) in [4.78, 5) is 22.4. The van der Waals surface area contributed by atoms with Crippen LogP contribution in [0.25, 0.3) is 0 Å². The van der Waals surface area contributed by atoms with Crippen LogP contribution in [0.4, 0.5) is 13.2 Å². The quantitative estimate of drug-likeness (QED) is 0.779. The zero-order valence-corrected chi connectivity index (χ0v) is 11.2. The third-order valence-electron chi connectivity index (χ3n) is 3.14. The molecular formula is C12H18F3NO4. The van der Waals surface area contributed by atoms with Crippen LogP contribution in [0.1, 0.15) is 25.7 Å². The van der Waals surface area contributed by atoms with Crippen LogP contribution in [0.15, 0.2) is 0 Å². The second-order valence-corrected chi connectivity index (χ2v) is 4.70. The van der Waals surface area contributed by atoms with Gasteiger partial charge in [-0.3, -0.25) is 9.59 Å². The summed E-state index contributed by atoms with van der Waals surface area (Å²) >= 11 is 0. The summed E-state index contributed by atoms with van der Waals surface area (Å²) in [6.07, 6.45) is -2.25. The van der Waals surface area contributed by atoms with Crippen molar-refractivity contribution in [2.24, 2.45) is 5.92 Å². The van der Waals surface area contributed by atoms with Crippen LogP contribution < -0.4 is 5.32 Å². The molecule has 1 rings (SSSR count). The van der Waals surface area contributed by atoms with E-state index in [1.807, 2.05) is 0 Å². The van der Waals surface area contributed by atoms with Crippen molar-refractivity contribution in [3.05, 3.63) is 0 Å². The highest BCUT2D eigenvalue weighted by molar-refractivity contribution is 5.77. The third-order valence-corrected chi connectivity index (χ3v) is 3.14. The van der Waals surface area contributed by atoms with Gasteiger partial charge in [-0.1, -0.05) is 0 Å². The van der Waals surface area contributed by atoms with Crippen molar-refractivity contribution >= 4 is 11.9 Å². The molecule has 0 radical (unpaired) electrons. The minimum Gasteiger partial charge on any atom is -0.469 e. The number of hydrogen-bond acceptors (Lipinski definition) is 4. The summed E-state index contributed by atoms with van der Waals surface area (Å²) in [5.41, 5.74) is 0. The molecule has 0 aromatic heterocycles. The molecule has 0 saturated heterocycles. The molecule has 0 aromatic rings. The number of esters is 1. The number of nitrogens with one attached hydrogen (secondary N) is 1. The van der Waals surface area contributed by atoms with Gasteiger partial charge in [-0.25, -0.2) is 0 Å². The van der Waals surface area contributed by atoms with Crippen LogP contribution in [-0.4, -0.2) is 44.4 Å². The molecule has 116 valence electrons. The molecule has 0 aromatic carbocycles. The number of ether oxygens (including phenoxy) is 2. The van der Waals surface area contributed by atoms with Gasteiger partial charge in [0.1, 0.15) is 13.2 Å². The molecule has 8 heteroatoms. The van der Waals surface area contributed by atoms with E-state index in [9.17, 15) is 22.8 Å². The normalized spacial score (nSPS) is 23.2. The summed E-state index contributed by atoms with van der Waals surface area (Å²) in [5.74, 6) is -1.21. The van der Waals surface area contributed by atoms with Gasteiger partial charge in [-0.2, -0.15) is 13.2 Å². The smallest absolute Gasteiger partial charge is 0.405 e. The Morgan fingerprint density at radius 1 is 1.20 bits per heavy atom. The van der Waals surface area contributed by atoms with Crippen LogP contribution in [0.3, 0.4) is 0 Å². The molecule has 1 amide bonds. The second-order valence-electron chi connectivity index (χ2n) is 4.70. The monoisotopic (exact) mass is 297 g/mol. The maximum atomic E-state index is 11.9. The van der Waals surface area contributed by atoms with E-state index >= 15 is 0 Å². The van der Waals surface area contributed by atoms with Gasteiger partial charge in [0.05, 0.1) is 19.1 Å². The molecule has 1 saturated carbocycles. The van der Waals surface area contributed by atoms with Gasteiger partial charge < -0.3 is 14.8 Å². The van der Waals surface area contributed by atoms with Crippen LogP contribution in [0.2, 0.25) is 0 Å². The largest absolute Gasteiger partial charge is 0.469 e. The molecule has 0 atom stereocenters. The lowest BCUT2D eigenvalue weighted by atomic mass is 9.87. The number of carbonyl (C=O) groups is 2. The highest BCUT2D eigenvalue weighted by Gasteiger charge is 2.29. The average molecular weight is 297 g/mol. The molecule has 1 N–H and O–H groups in total. The van der Waals surface area contributed by atoms with Crippen molar-refractivity contribution in [1.29, 1.82) is 0 Å². The number of halogens is 3. The van der Waals surface area contributed by atoms with E-state index < -0.39 is 25.2 Å². The van der Waals surface area contributed by atoms with E-state index in [1.54, 1.807) is 5.32 Å². The molecular weight excluding hydrogens is 279 g/mol. The van der Waals surface area contributed by atoms with Gasteiger partial charge in [0.25, 0.3) is 0 Å². The summed E-state index contributed by atoms with van der Waals surface area (Å²) in [5, 5.41) is 1.74. The highest BCUT2D eigenvalue weighted by atomic mass is 19.4. The fourth-order valence-electron chi connectivity index (χ4n) is 2.08. The number of alkyl halides is 3. The molecule has 0 unspecified atom stereocenters. The Morgan fingerprint density at radius 2 is 1.80 bits per heavy atom. The number of carbonyl (C=O) groups excluding carboxylic acids is 2. The molecule has 0 bridgehead atoms. The predicted molar refractivity (Wildman–Crippen MR) is 62.8 cm³/mol. The van der Waals surface area contributed by atoms with Crippen LogP contribution in [-0.2, 0) is 19.1 Å². The van der Waals surface area contributed by atoms with Crippen LogP contribution in [0, 0.1) is 5.92 Å². The van der Waals surface area contributed by atoms with Crippen molar-refractivity contribution in [3.63, 3.8) is 0 Å². The molecule has 0 heterocycles. The fraction of sp³-hybridized carbons (Fsp3) is 0.833. The first-order valence-corrected chi connectivity index (χ1v) is 6.34. The first-order valence-electron chi connectivity index (χ1n) is 6.34. The Labute approximate surface area is 114 Å². The average Bonchev–Trinajstić information content (AvgIpc) is 2.41. The zero-order chi connectivity index (χ0) is 15.2. The van der Waals surface area contributed by atoms with Gasteiger partial charge in [-0.15, -0.1) is 0 Å². The van der Waals surface area contributed by atoms with Gasteiger partial charge in [-0.05, 0) is 25.7 Å². The van der Waals surface area contributed by atoms with Gasteiger partial charge in [0.2, 0.25) is 5.91 Å². The molecule has 0 spiro atoms. The Morgan fingerprint density at radius 3 is 2.30 bits per heavy atom. The third kappa shape index (κ3) is 6.23. The Hall–Kier alpha value is -1.31. The number of rotatable bonds is 5. The summed E-state index contributed by atoms with van der Waals surface area (Å²) in [7, 11) is 1.33. The van der Waals surface area contributed by atoms with Gasteiger partial charge >= 0.3 is 12.1 Å². The maximum Gasteiger partial charge on any atom is 0.405 e. The lowest BCUT2D eigenvalue weighted by Gasteiger charge is -2.26. The molecule has 0 aliphatic heterocycles. The van der Waals surface area contributed by atoms with E-state index in [0.717, 1.165) is 0 Å². The summed E-state index contributed by atoms with van der Waals surface area (Å²) < 4.78 is 45.5. The first-order chi connectivity index (χ1) is 9.31. The molecule has 1 fully saturated rings. The highest BCUT2D eigenvalue weighted by Crippen LogP contribution is 2.26. The number of hydrogen-bond donors (Lipinski definition) is 1. The minimum absolute atomic E-state index is 0.154. The van der Waals surface area contributed by atoms with E-state index in [2.05, 4.69) is 4.74 Å². The van der Waals surface area contributed by atoms with E-state index in [1.165, 1.54) is 7.11 Å². The SMILES string of the molecule is COC(=O)C1CCC(OCC(=O)NCC(F)(F)F)CC1. The van der Waals surface area contributed by atoms with Gasteiger partial charge in [0, 0.05) is 0 Å². The van der Waals surface area contributed by atoms with Crippen molar-refractivity contribution in [1.82, 2.24) is 5.32 Å². The summed E-state index contributed by atoms with van der Waals surface area (Å²) in [6.45, 7) is -1.76. The van der Waals surface area contributed by atoms with E-state index in [-0.39, 0.29) is 18.0 Å². The molecule has 1 aliphatic carbocycles. The lowest BCUT2D eigenvalue weighted by Crippen LogP contribution is -2.37. The molecule has 5 nitrogen and oxygen atoms in total. The fourth-order valence-corrected chi connectivity index (χ4v) is 2.08. The van der Waals surface area contributed by atoms with Gasteiger partial charge in [0.15, 0.2) is 0 Å². The second kappa shape index (κ2) is 7.47. The Bertz CT molecular complexity index is 338. The predicted octanol–water partition coefficient (Wildman–Crippen LogP) is 1.41. The lowest BCUT2D eigenvalue weighted by molar-refractivity contribution is -0.148. The Kier molecular flexibility index (Phi) is 6.25. The van der Waals surface area contributed by atoms with Crippen LogP contribution >= 0.6 is 0 Å². The Balaban J connectivity index is 2.18.